The van der Waals surface area contributed by atoms with Gasteiger partial charge in [-0.25, -0.2) is 0 Å². The van der Waals surface area contributed by atoms with Crippen molar-refractivity contribution in [2.24, 2.45) is 5.73 Å². The number of nitrogens with two attached hydrogens (primary N) is 1. The van der Waals surface area contributed by atoms with Gasteiger partial charge in [-0.15, -0.1) is 6.58 Å². The van der Waals surface area contributed by atoms with Crippen LogP contribution in [0.5, 0.6) is 0 Å². The lowest BCUT2D eigenvalue weighted by molar-refractivity contribution is 0.563. The van der Waals surface area contributed by atoms with Crippen LogP contribution in [0.15, 0.2) is 36.9 Å². The van der Waals surface area contributed by atoms with Gasteiger partial charge in [0, 0.05) is 17.6 Å². The smallest absolute Gasteiger partial charge is 0.0378 e. The summed E-state index contributed by atoms with van der Waals surface area (Å²) in [6, 6.07) is 8.98. The molecule has 1 heterocycles. The molecule has 2 heteroatoms. The van der Waals surface area contributed by atoms with Gasteiger partial charge in [-0.2, -0.15) is 0 Å². The van der Waals surface area contributed by atoms with Crippen LogP contribution in [0, 0.1) is 0 Å². The first-order chi connectivity index (χ1) is 7.36. The molecule has 3 N–H and O–H groups in total. The molecule has 0 spiro atoms. The highest BCUT2D eigenvalue weighted by Gasteiger charge is 2.29. The van der Waals surface area contributed by atoms with Gasteiger partial charge in [0.15, 0.2) is 0 Å². The molecule has 0 fully saturated rings. The second kappa shape index (κ2) is 4.49. The number of benzene rings is 1. The van der Waals surface area contributed by atoms with E-state index in [0.717, 1.165) is 19.4 Å². The highest BCUT2D eigenvalue weighted by Crippen LogP contribution is 2.38. The SMILES string of the molecule is C=CC[C@H]1Nc2ccccc2[C@@H]1CCN. The number of rotatable bonds is 4. The van der Waals surface area contributed by atoms with Crippen molar-refractivity contribution >= 4 is 5.69 Å². The van der Waals surface area contributed by atoms with Gasteiger partial charge < -0.3 is 11.1 Å². The van der Waals surface area contributed by atoms with E-state index in [1.165, 1.54) is 11.3 Å². The molecule has 0 bridgehead atoms. The molecule has 0 saturated carbocycles. The molecule has 2 nitrogen and oxygen atoms in total. The summed E-state index contributed by atoms with van der Waals surface area (Å²) in [5.41, 5.74) is 8.35. The van der Waals surface area contributed by atoms with Crippen LogP contribution in [-0.2, 0) is 0 Å². The Morgan fingerprint density at radius 1 is 1.40 bits per heavy atom. The van der Waals surface area contributed by atoms with E-state index in [1.807, 2.05) is 6.08 Å². The number of nitrogens with one attached hydrogen (secondary N) is 1. The van der Waals surface area contributed by atoms with E-state index in [-0.39, 0.29) is 0 Å². The van der Waals surface area contributed by atoms with E-state index in [4.69, 9.17) is 5.73 Å². The number of fused-ring (bicyclic) bond motifs is 1. The maximum absolute atomic E-state index is 5.67. The quantitative estimate of drug-likeness (QED) is 0.736. The molecule has 0 aliphatic carbocycles. The molecular weight excluding hydrogens is 184 g/mol. The van der Waals surface area contributed by atoms with Crippen LogP contribution < -0.4 is 11.1 Å². The van der Waals surface area contributed by atoms with Gasteiger partial charge in [-0.3, -0.25) is 0 Å². The third-order valence-corrected chi connectivity index (χ3v) is 3.09. The number of para-hydroxylation sites is 1. The van der Waals surface area contributed by atoms with E-state index in [0.29, 0.717) is 12.0 Å². The van der Waals surface area contributed by atoms with Gasteiger partial charge in [0.1, 0.15) is 0 Å². The topological polar surface area (TPSA) is 38.0 Å². The van der Waals surface area contributed by atoms with Crippen molar-refractivity contribution in [1.82, 2.24) is 0 Å². The number of hydrogen-bond acceptors (Lipinski definition) is 2. The molecule has 0 aromatic heterocycles. The molecule has 1 aromatic rings. The molecule has 1 aliphatic heterocycles. The molecular formula is C13H18N2. The summed E-state index contributed by atoms with van der Waals surface area (Å²) in [4.78, 5) is 0. The lowest BCUT2D eigenvalue weighted by Crippen LogP contribution is -2.21. The van der Waals surface area contributed by atoms with Crippen molar-refractivity contribution in [2.75, 3.05) is 11.9 Å². The van der Waals surface area contributed by atoms with Gasteiger partial charge in [-0.05, 0) is 31.0 Å². The average Bonchev–Trinajstić information content (AvgIpc) is 2.59. The van der Waals surface area contributed by atoms with Gasteiger partial charge in [0.05, 0.1) is 0 Å². The molecule has 2 atom stereocenters. The Morgan fingerprint density at radius 2 is 2.20 bits per heavy atom. The maximum Gasteiger partial charge on any atom is 0.0378 e. The molecule has 2 rings (SSSR count). The molecule has 0 amide bonds. The first-order valence-corrected chi connectivity index (χ1v) is 5.53. The van der Waals surface area contributed by atoms with Crippen LogP contribution in [0.25, 0.3) is 0 Å². The van der Waals surface area contributed by atoms with Crippen molar-refractivity contribution in [1.29, 1.82) is 0 Å². The zero-order chi connectivity index (χ0) is 10.7. The Labute approximate surface area is 91.2 Å². The Bertz CT molecular complexity index is 346. The summed E-state index contributed by atoms with van der Waals surface area (Å²) in [6.45, 7) is 4.55. The molecule has 15 heavy (non-hydrogen) atoms. The molecule has 1 aliphatic rings. The predicted molar refractivity (Wildman–Crippen MR) is 65.1 cm³/mol. The second-order valence-electron chi connectivity index (χ2n) is 4.05. The normalized spacial score (nSPS) is 23.3. The van der Waals surface area contributed by atoms with E-state index in [1.54, 1.807) is 0 Å². The zero-order valence-corrected chi connectivity index (χ0v) is 8.95. The fourth-order valence-electron chi connectivity index (χ4n) is 2.41. The van der Waals surface area contributed by atoms with E-state index < -0.39 is 0 Å². The third-order valence-electron chi connectivity index (χ3n) is 3.09. The fourth-order valence-corrected chi connectivity index (χ4v) is 2.41. The first kappa shape index (κ1) is 10.2. The first-order valence-electron chi connectivity index (χ1n) is 5.53. The molecule has 0 radical (unpaired) electrons. The van der Waals surface area contributed by atoms with Gasteiger partial charge in [0.25, 0.3) is 0 Å². The van der Waals surface area contributed by atoms with E-state index >= 15 is 0 Å². The molecule has 80 valence electrons. The van der Waals surface area contributed by atoms with E-state index in [9.17, 15) is 0 Å². The molecule has 0 saturated heterocycles. The van der Waals surface area contributed by atoms with Crippen LogP contribution in [0.1, 0.15) is 24.3 Å². The van der Waals surface area contributed by atoms with Crippen LogP contribution in [0.2, 0.25) is 0 Å². The predicted octanol–water partition coefficient (Wildman–Crippen LogP) is 2.49. The third kappa shape index (κ3) is 1.90. The summed E-state index contributed by atoms with van der Waals surface area (Å²) in [6.07, 6.45) is 4.02. The summed E-state index contributed by atoms with van der Waals surface area (Å²) in [7, 11) is 0. The average molecular weight is 202 g/mol. The Balaban J connectivity index is 2.24. The lowest BCUT2D eigenvalue weighted by Gasteiger charge is -2.18. The van der Waals surface area contributed by atoms with Gasteiger partial charge >= 0.3 is 0 Å². The number of hydrogen-bond donors (Lipinski definition) is 2. The summed E-state index contributed by atoms with van der Waals surface area (Å²) in [5.74, 6) is 0.546. The van der Waals surface area contributed by atoms with Crippen molar-refractivity contribution in [3.63, 3.8) is 0 Å². The second-order valence-corrected chi connectivity index (χ2v) is 4.05. The van der Waals surface area contributed by atoms with Crippen LogP contribution in [0.3, 0.4) is 0 Å². The fraction of sp³-hybridized carbons (Fsp3) is 0.385. The van der Waals surface area contributed by atoms with Crippen LogP contribution in [0.4, 0.5) is 5.69 Å². The summed E-state index contributed by atoms with van der Waals surface area (Å²) < 4.78 is 0. The minimum atomic E-state index is 0.475. The Morgan fingerprint density at radius 3 is 2.93 bits per heavy atom. The Kier molecular flexibility index (Phi) is 3.07. The molecule has 1 aromatic carbocycles. The standard InChI is InChI=1S/C13H18N2/c1-2-5-12-11(8-9-14)10-6-3-4-7-13(10)15-12/h2-4,6-7,11-12,15H,1,5,8-9,14H2/t11-,12+/m0/s1. The van der Waals surface area contributed by atoms with E-state index in [2.05, 4.69) is 36.2 Å². The van der Waals surface area contributed by atoms with Crippen molar-refractivity contribution in [2.45, 2.75) is 24.8 Å². The summed E-state index contributed by atoms with van der Waals surface area (Å²) >= 11 is 0. The van der Waals surface area contributed by atoms with Gasteiger partial charge in [-0.1, -0.05) is 24.3 Å². The Hall–Kier alpha value is -1.28. The van der Waals surface area contributed by atoms with Crippen molar-refractivity contribution in [3.8, 4) is 0 Å². The highest BCUT2D eigenvalue weighted by molar-refractivity contribution is 5.59. The van der Waals surface area contributed by atoms with Gasteiger partial charge in [0.2, 0.25) is 0 Å². The molecule has 0 unspecified atom stereocenters. The van der Waals surface area contributed by atoms with Crippen LogP contribution in [-0.4, -0.2) is 12.6 Å². The number of anilines is 1. The van der Waals surface area contributed by atoms with Crippen molar-refractivity contribution in [3.05, 3.63) is 42.5 Å². The van der Waals surface area contributed by atoms with Crippen molar-refractivity contribution < 1.29 is 0 Å². The monoisotopic (exact) mass is 202 g/mol. The largest absolute Gasteiger partial charge is 0.381 e. The lowest BCUT2D eigenvalue weighted by atomic mass is 9.90. The maximum atomic E-state index is 5.67. The highest BCUT2D eigenvalue weighted by atomic mass is 15.0. The zero-order valence-electron chi connectivity index (χ0n) is 8.95. The van der Waals surface area contributed by atoms with Crippen LogP contribution >= 0.6 is 0 Å². The summed E-state index contributed by atoms with van der Waals surface area (Å²) in [5, 5.41) is 3.54. The minimum absolute atomic E-state index is 0.475. The minimum Gasteiger partial charge on any atom is -0.381 e.